The second-order valence-corrected chi connectivity index (χ2v) is 8.35. The van der Waals surface area contributed by atoms with Crippen molar-refractivity contribution in [3.05, 3.63) is 54.1 Å². The van der Waals surface area contributed by atoms with Gasteiger partial charge in [-0.25, -0.2) is 0 Å². The topological polar surface area (TPSA) is 135 Å². The maximum Gasteiger partial charge on any atom is 0.255 e. The predicted octanol–water partition coefficient (Wildman–Crippen LogP) is -0.0127. The van der Waals surface area contributed by atoms with E-state index in [4.69, 9.17) is 4.74 Å². The lowest BCUT2D eigenvalue weighted by molar-refractivity contribution is -0.133. The molecule has 2 saturated heterocycles. The quantitative estimate of drug-likeness (QED) is 0.420. The van der Waals surface area contributed by atoms with Crippen molar-refractivity contribution in [1.82, 2.24) is 15.5 Å². The van der Waals surface area contributed by atoms with Gasteiger partial charge in [-0.2, -0.15) is 0 Å². The van der Waals surface area contributed by atoms with E-state index in [0.29, 0.717) is 26.2 Å². The molecule has 2 aromatic rings. The van der Waals surface area contributed by atoms with Crippen molar-refractivity contribution in [3.8, 4) is 11.5 Å². The minimum Gasteiger partial charge on any atom is -0.508 e. The number of nitrogens with zero attached hydrogens (tertiary/aromatic N) is 2. The molecule has 2 aliphatic heterocycles. The molecule has 0 radical (unpaired) electrons. The van der Waals surface area contributed by atoms with E-state index >= 15 is 0 Å². The van der Waals surface area contributed by atoms with Gasteiger partial charge in [0.05, 0.1) is 0 Å². The minimum absolute atomic E-state index is 0.112. The number of nitrogens with one attached hydrogen (secondary N) is 2. The lowest BCUT2D eigenvalue weighted by Crippen LogP contribution is -2.51. The zero-order chi connectivity index (χ0) is 24.2. The molecule has 0 aliphatic carbocycles. The molecule has 2 unspecified atom stereocenters. The summed E-state index contributed by atoms with van der Waals surface area (Å²) in [7, 11) is 1.48. The van der Waals surface area contributed by atoms with Crippen LogP contribution in [-0.4, -0.2) is 84.3 Å². The van der Waals surface area contributed by atoms with E-state index in [0.717, 1.165) is 11.3 Å². The van der Waals surface area contributed by atoms with Crippen LogP contribution in [0.25, 0.3) is 0 Å². The minimum atomic E-state index is -0.922. The molecule has 3 atom stereocenters. The number of carbonyl (C=O) groups is 3. The Morgan fingerprint density at radius 3 is 2.12 bits per heavy atom. The highest BCUT2D eigenvalue weighted by molar-refractivity contribution is 5.97. The van der Waals surface area contributed by atoms with Crippen molar-refractivity contribution in [2.45, 2.75) is 24.7 Å². The molecule has 180 valence electrons. The van der Waals surface area contributed by atoms with E-state index in [9.17, 15) is 24.6 Å². The van der Waals surface area contributed by atoms with Crippen LogP contribution in [0.3, 0.4) is 0 Å². The molecule has 4 N–H and O–H groups in total. The van der Waals surface area contributed by atoms with E-state index in [1.165, 1.54) is 19.2 Å². The molecule has 2 aliphatic rings. The average Bonchev–Trinajstić information content (AvgIpc) is 3.66. The van der Waals surface area contributed by atoms with Crippen molar-refractivity contribution in [2.24, 2.45) is 0 Å². The number of piperazine rings is 1. The summed E-state index contributed by atoms with van der Waals surface area (Å²) in [6.45, 7) is 2.25. The number of carbonyl (C=O) groups excluding carboxylic acids is 3. The summed E-state index contributed by atoms with van der Waals surface area (Å²) in [5, 5.41) is 24.1. The number of hydrogen-bond acceptors (Lipinski definition) is 7. The highest BCUT2D eigenvalue weighted by Crippen LogP contribution is 2.26. The Hall–Kier alpha value is -3.79. The van der Waals surface area contributed by atoms with Crippen LogP contribution >= 0.6 is 0 Å². The SMILES string of the molecule is CNC(=O)C(Cc1ccc(O)cc1)NC(=O)[C@@H]1OC1C(=O)N1CCN(c2ccc(O)cc2)CC1. The second-order valence-electron chi connectivity index (χ2n) is 8.35. The first-order valence-corrected chi connectivity index (χ1v) is 11.1. The average molecular weight is 469 g/mol. The monoisotopic (exact) mass is 468 g/mol. The van der Waals surface area contributed by atoms with E-state index in [-0.39, 0.29) is 29.7 Å². The zero-order valence-electron chi connectivity index (χ0n) is 18.8. The highest BCUT2D eigenvalue weighted by Gasteiger charge is 2.52. The van der Waals surface area contributed by atoms with Crippen LogP contribution < -0.4 is 15.5 Å². The Morgan fingerprint density at radius 2 is 1.53 bits per heavy atom. The number of benzene rings is 2. The van der Waals surface area contributed by atoms with Crippen molar-refractivity contribution >= 4 is 23.4 Å². The van der Waals surface area contributed by atoms with Crippen molar-refractivity contribution in [3.63, 3.8) is 0 Å². The lowest BCUT2D eigenvalue weighted by atomic mass is 10.0. The molecule has 3 amide bonds. The molecule has 10 heteroatoms. The lowest BCUT2D eigenvalue weighted by Gasteiger charge is -2.36. The van der Waals surface area contributed by atoms with Gasteiger partial charge in [0.25, 0.3) is 11.8 Å². The molecule has 34 heavy (non-hydrogen) atoms. The van der Waals surface area contributed by atoms with Gasteiger partial charge in [0, 0.05) is 45.3 Å². The van der Waals surface area contributed by atoms with Crippen LogP contribution in [0.2, 0.25) is 0 Å². The Balaban J connectivity index is 1.29. The van der Waals surface area contributed by atoms with Crippen molar-refractivity contribution in [1.29, 1.82) is 0 Å². The third kappa shape index (κ3) is 5.40. The maximum absolute atomic E-state index is 12.8. The number of rotatable bonds is 7. The molecule has 0 saturated carbocycles. The molecule has 4 rings (SSSR count). The number of likely N-dealkylation sites (N-methyl/N-ethyl adjacent to an activating group) is 1. The van der Waals surface area contributed by atoms with E-state index < -0.39 is 24.2 Å². The van der Waals surface area contributed by atoms with Gasteiger partial charge in [0.1, 0.15) is 17.5 Å². The maximum atomic E-state index is 12.8. The Labute approximate surface area is 197 Å². The molecule has 0 spiro atoms. The van der Waals surface area contributed by atoms with Gasteiger partial charge >= 0.3 is 0 Å². The van der Waals surface area contributed by atoms with Crippen LogP contribution in [0.15, 0.2) is 48.5 Å². The largest absolute Gasteiger partial charge is 0.508 e. The first-order chi connectivity index (χ1) is 16.4. The van der Waals surface area contributed by atoms with Gasteiger partial charge in [0.15, 0.2) is 12.2 Å². The summed E-state index contributed by atoms with van der Waals surface area (Å²) in [6, 6.07) is 12.5. The zero-order valence-corrected chi connectivity index (χ0v) is 18.8. The molecule has 2 fully saturated rings. The molecule has 2 heterocycles. The van der Waals surface area contributed by atoms with Crippen molar-refractivity contribution < 1.29 is 29.3 Å². The van der Waals surface area contributed by atoms with E-state index in [1.807, 2.05) is 12.1 Å². The smallest absolute Gasteiger partial charge is 0.255 e. The fourth-order valence-corrected chi connectivity index (χ4v) is 4.03. The fourth-order valence-electron chi connectivity index (χ4n) is 4.03. The molecule has 0 aromatic heterocycles. The first-order valence-electron chi connectivity index (χ1n) is 11.1. The molecule has 0 bridgehead atoms. The number of anilines is 1. The number of ether oxygens (including phenoxy) is 1. The summed E-state index contributed by atoms with van der Waals surface area (Å²) < 4.78 is 5.39. The Morgan fingerprint density at radius 1 is 0.941 bits per heavy atom. The summed E-state index contributed by atoms with van der Waals surface area (Å²) in [4.78, 5) is 41.6. The van der Waals surface area contributed by atoms with Crippen LogP contribution in [-0.2, 0) is 25.5 Å². The Bertz CT molecular complexity index is 1030. The molecular formula is C24H28N4O6. The summed E-state index contributed by atoms with van der Waals surface area (Å²) >= 11 is 0. The van der Waals surface area contributed by atoms with Crippen molar-refractivity contribution in [2.75, 3.05) is 38.1 Å². The number of aromatic hydroxyl groups is 2. The Kier molecular flexibility index (Phi) is 6.87. The fraction of sp³-hybridized carbons (Fsp3) is 0.375. The normalized spacial score (nSPS) is 20.4. The van der Waals surface area contributed by atoms with Gasteiger partial charge < -0.3 is 35.4 Å². The van der Waals surface area contributed by atoms with Gasteiger partial charge in [-0.3, -0.25) is 14.4 Å². The third-order valence-corrected chi connectivity index (χ3v) is 6.06. The standard InChI is InChI=1S/C24H28N4O6/c1-25-22(31)19(14-15-2-6-17(29)7-3-15)26-23(32)20-21(34-20)24(33)28-12-10-27(11-13-28)16-4-8-18(30)9-5-16/h2-9,19-21,29-30H,10-14H2,1H3,(H,25,31)(H,26,32)/t19?,20-,21?/m1/s1. The molecule has 2 aromatic carbocycles. The number of phenolic OH excluding ortho intramolecular Hbond substituents is 2. The summed E-state index contributed by atoms with van der Waals surface area (Å²) in [5.74, 6) is -0.792. The van der Waals surface area contributed by atoms with Gasteiger partial charge in [0.2, 0.25) is 5.91 Å². The number of epoxide rings is 1. The van der Waals surface area contributed by atoms with Crippen LogP contribution in [0.1, 0.15) is 5.56 Å². The number of hydrogen-bond donors (Lipinski definition) is 4. The van der Waals surface area contributed by atoms with Crippen LogP contribution in [0, 0.1) is 0 Å². The summed E-state index contributed by atoms with van der Waals surface area (Å²) in [6.07, 6.45) is -1.54. The van der Waals surface area contributed by atoms with Crippen LogP contribution in [0.4, 0.5) is 5.69 Å². The van der Waals surface area contributed by atoms with E-state index in [1.54, 1.807) is 29.2 Å². The third-order valence-electron chi connectivity index (χ3n) is 6.06. The van der Waals surface area contributed by atoms with Crippen LogP contribution in [0.5, 0.6) is 11.5 Å². The number of amides is 3. The van der Waals surface area contributed by atoms with Gasteiger partial charge in [-0.15, -0.1) is 0 Å². The predicted molar refractivity (Wildman–Crippen MR) is 123 cm³/mol. The first kappa shape index (κ1) is 23.4. The van der Waals surface area contributed by atoms with E-state index in [2.05, 4.69) is 15.5 Å². The highest BCUT2D eigenvalue weighted by atomic mass is 16.6. The molecule has 10 nitrogen and oxygen atoms in total. The summed E-state index contributed by atoms with van der Waals surface area (Å²) in [5.41, 5.74) is 1.74. The van der Waals surface area contributed by atoms with Gasteiger partial charge in [-0.1, -0.05) is 12.1 Å². The molecular weight excluding hydrogens is 440 g/mol. The number of phenols is 2. The van der Waals surface area contributed by atoms with Gasteiger partial charge in [-0.05, 0) is 42.0 Å². The second kappa shape index (κ2) is 10.0.